The van der Waals surface area contributed by atoms with Gasteiger partial charge in [0.1, 0.15) is 17.2 Å². The highest BCUT2D eigenvalue weighted by Crippen LogP contribution is 2.29. The molecule has 2 aromatic rings. The number of carbonyl (C=O) groups excluding carboxylic acids is 1. The van der Waals surface area contributed by atoms with E-state index < -0.39 is 5.78 Å². The Labute approximate surface area is 108 Å². The van der Waals surface area contributed by atoms with Crippen molar-refractivity contribution < 1.29 is 20.1 Å². The molecule has 0 aromatic heterocycles. The third kappa shape index (κ3) is 2.24. The lowest BCUT2D eigenvalue weighted by Gasteiger charge is -2.06. The molecule has 0 aliphatic heterocycles. The van der Waals surface area contributed by atoms with Crippen molar-refractivity contribution in [3.8, 4) is 17.2 Å². The molecule has 0 saturated heterocycles. The molecule has 0 atom stereocenters. The molecule has 0 fully saturated rings. The number of phenols is 3. The number of phenolic OH excluding ortho intramolecular Hbond substituents is 3. The first-order chi connectivity index (χ1) is 8.49. The quantitative estimate of drug-likeness (QED) is 0.729. The highest BCUT2D eigenvalue weighted by Gasteiger charge is 2.17. The van der Waals surface area contributed by atoms with Crippen LogP contribution in [0, 0.1) is 0 Å². The van der Waals surface area contributed by atoms with E-state index in [1.165, 1.54) is 30.3 Å². The lowest BCUT2D eigenvalue weighted by Crippen LogP contribution is -2.01. The highest BCUT2D eigenvalue weighted by atomic mass is 35.5. The van der Waals surface area contributed by atoms with E-state index in [0.29, 0.717) is 5.02 Å². The molecule has 0 heterocycles. The molecule has 92 valence electrons. The zero-order valence-corrected chi connectivity index (χ0v) is 9.85. The molecule has 0 aliphatic rings. The van der Waals surface area contributed by atoms with Gasteiger partial charge in [-0.2, -0.15) is 0 Å². The van der Waals surface area contributed by atoms with Crippen molar-refractivity contribution in [3.63, 3.8) is 0 Å². The molecule has 0 amide bonds. The summed E-state index contributed by atoms with van der Waals surface area (Å²) in [5.74, 6) is -1.32. The zero-order valence-electron chi connectivity index (χ0n) is 9.09. The first kappa shape index (κ1) is 12.3. The summed E-state index contributed by atoms with van der Waals surface area (Å²) in [6, 6.07) is 7.69. The SMILES string of the molecule is O=C(c1ccc(O)cc1O)c1ccc(Cl)cc1O. The molecule has 0 unspecified atom stereocenters. The number of rotatable bonds is 2. The summed E-state index contributed by atoms with van der Waals surface area (Å²) >= 11 is 5.67. The average Bonchev–Trinajstić information content (AvgIpc) is 2.28. The molecule has 0 spiro atoms. The topological polar surface area (TPSA) is 77.8 Å². The lowest BCUT2D eigenvalue weighted by atomic mass is 10.0. The second-order valence-electron chi connectivity index (χ2n) is 3.69. The molecule has 2 aromatic carbocycles. The third-order valence-corrected chi connectivity index (χ3v) is 2.67. The van der Waals surface area contributed by atoms with Gasteiger partial charge < -0.3 is 15.3 Å². The number of halogens is 1. The van der Waals surface area contributed by atoms with Crippen molar-refractivity contribution in [2.24, 2.45) is 0 Å². The van der Waals surface area contributed by atoms with Gasteiger partial charge in [-0.05, 0) is 30.3 Å². The maximum Gasteiger partial charge on any atom is 0.200 e. The van der Waals surface area contributed by atoms with Gasteiger partial charge in [0.15, 0.2) is 5.78 Å². The van der Waals surface area contributed by atoms with E-state index in [0.717, 1.165) is 6.07 Å². The standard InChI is InChI=1S/C13H9ClO4/c14-7-1-3-9(11(16)5-7)13(18)10-4-2-8(15)6-12(10)17/h1-6,15-17H. The number of hydrogen-bond donors (Lipinski definition) is 3. The molecular weight excluding hydrogens is 256 g/mol. The molecule has 0 bridgehead atoms. The molecule has 18 heavy (non-hydrogen) atoms. The van der Waals surface area contributed by atoms with Crippen LogP contribution in [0.1, 0.15) is 15.9 Å². The minimum atomic E-state index is -0.554. The van der Waals surface area contributed by atoms with E-state index in [2.05, 4.69) is 0 Å². The van der Waals surface area contributed by atoms with Crippen LogP contribution in [0.15, 0.2) is 36.4 Å². The van der Waals surface area contributed by atoms with Crippen molar-refractivity contribution >= 4 is 17.4 Å². The van der Waals surface area contributed by atoms with Crippen LogP contribution < -0.4 is 0 Å². The molecule has 0 aliphatic carbocycles. The Morgan fingerprint density at radius 3 is 2.00 bits per heavy atom. The summed E-state index contributed by atoms with van der Waals surface area (Å²) in [4.78, 5) is 12.1. The van der Waals surface area contributed by atoms with Gasteiger partial charge in [0.05, 0.1) is 11.1 Å². The van der Waals surface area contributed by atoms with Crippen LogP contribution in [0.5, 0.6) is 17.2 Å². The van der Waals surface area contributed by atoms with Crippen molar-refractivity contribution in [1.29, 1.82) is 0 Å². The van der Waals surface area contributed by atoms with Crippen LogP contribution in [0.4, 0.5) is 0 Å². The molecule has 2 rings (SSSR count). The molecule has 3 N–H and O–H groups in total. The predicted molar refractivity (Wildman–Crippen MR) is 66.3 cm³/mol. The Morgan fingerprint density at radius 1 is 0.889 bits per heavy atom. The van der Waals surface area contributed by atoms with E-state index in [4.69, 9.17) is 16.7 Å². The van der Waals surface area contributed by atoms with Gasteiger partial charge in [0.25, 0.3) is 0 Å². The van der Waals surface area contributed by atoms with Crippen LogP contribution in [-0.2, 0) is 0 Å². The van der Waals surface area contributed by atoms with Crippen molar-refractivity contribution in [2.45, 2.75) is 0 Å². The van der Waals surface area contributed by atoms with Crippen LogP contribution in [0.2, 0.25) is 5.02 Å². The van der Waals surface area contributed by atoms with E-state index >= 15 is 0 Å². The Hall–Kier alpha value is -2.20. The molecule has 4 nitrogen and oxygen atoms in total. The molecular formula is C13H9ClO4. The smallest absolute Gasteiger partial charge is 0.200 e. The fraction of sp³-hybridized carbons (Fsp3) is 0. The normalized spacial score (nSPS) is 10.3. The number of ketones is 1. The van der Waals surface area contributed by atoms with Gasteiger partial charge in [-0.25, -0.2) is 0 Å². The van der Waals surface area contributed by atoms with Crippen molar-refractivity contribution in [3.05, 3.63) is 52.5 Å². The lowest BCUT2D eigenvalue weighted by molar-refractivity contribution is 0.103. The van der Waals surface area contributed by atoms with Crippen molar-refractivity contribution in [1.82, 2.24) is 0 Å². The third-order valence-electron chi connectivity index (χ3n) is 2.43. The van der Waals surface area contributed by atoms with Gasteiger partial charge in [-0.1, -0.05) is 11.6 Å². The van der Waals surface area contributed by atoms with Crippen LogP contribution in [-0.4, -0.2) is 21.1 Å². The number of hydrogen-bond acceptors (Lipinski definition) is 4. The number of aromatic hydroxyl groups is 3. The van der Waals surface area contributed by atoms with Crippen LogP contribution in [0.3, 0.4) is 0 Å². The highest BCUT2D eigenvalue weighted by molar-refractivity contribution is 6.31. The van der Waals surface area contributed by atoms with E-state index in [1.54, 1.807) is 0 Å². The fourth-order valence-electron chi connectivity index (χ4n) is 1.55. The van der Waals surface area contributed by atoms with Gasteiger partial charge >= 0.3 is 0 Å². The van der Waals surface area contributed by atoms with E-state index in [9.17, 15) is 15.0 Å². The van der Waals surface area contributed by atoms with E-state index in [-0.39, 0.29) is 28.4 Å². The summed E-state index contributed by atoms with van der Waals surface area (Å²) in [5.41, 5.74) is 0.0193. The molecule has 0 radical (unpaired) electrons. The van der Waals surface area contributed by atoms with Gasteiger partial charge in [0.2, 0.25) is 0 Å². The summed E-state index contributed by atoms with van der Waals surface area (Å²) in [6.07, 6.45) is 0. The summed E-state index contributed by atoms with van der Waals surface area (Å²) in [5, 5.41) is 28.7. The first-order valence-electron chi connectivity index (χ1n) is 5.04. The minimum absolute atomic E-state index is 0.00887. The van der Waals surface area contributed by atoms with E-state index in [1.807, 2.05) is 0 Å². The summed E-state index contributed by atoms with van der Waals surface area (Å²) in [7, 11) is 0. The molecule has 0 saturated carbocycles. The Morgan fingerprint density at radius 2 is 1.44 bits per heavy atom. The van der Waals surface area contributed by atoms with Crippen molar-refractivity contribution in [2.75, 3.05) is 0 Å². The maximum absolute atomic E-state index is 12.1. The first-order valence-corrected chi connectivity index (χ1v) is 5.42. The predicted octanol–water partition coefficient (Wildman–Crippen LogP) is 2.69. The van der Waals surface area contributed by atoms with Gasteiger partial charge in [-0.3, -0.25) is 4.79 Å². The van der Waals surface area contributed by atoms with Gasteiger partial charge in [-0.15, -0.1) is 0 Å². The Balaban J connectivity index is 2.48. The number of benzene rings is 2. The summed E-state index contributed by atoms with van der Waals surface area (Å²) in [6.45, 7) is 0. The van der Waals surface area contributed by atoms with Crippen LogP contribution in [0.25, 0.3) is 0 Å². The van der Waals surface area contributed by atoms with Crippen LogP contribution >= 0.6 is 11.6 Å². The minimum Gasteiger partial charge on any atom is -0.508 e. The fourth-order valence-corrected chi connectivity index (χ4v) is 1.72. The average molecular weight is 265 g/mol. The Bertz CT molecular complexity index is 569. The largest absolute Gasteiger partial charge is 0.508 e. The maximum atomic E-state index is 12.1. The summed E-state index contributed by atoms with van der Waals surface area (Å²) < 4.78 is 0. The van der Waals surface area contributed by atoms with Gasteiger partial charge in [0, 0.05) is 11.1 Å². The zero-order chi connectivity index (χ0) is 13.3. The number of carbonyl (C=O) groups is 1. The Kier molecular flexibility index (Phi) is 3.12. The monoisotopic (exact) mass is 264 g/mol. The molecule has 5 heteroatoms. The second kappa shape index (κ2) is 4.58. The second-order valence-corrected chi connectivity index (χ2v) is 4.13.